The van der Waals surface area contributed by atoms with E-state index in [-0.39, 0.29) is 0 Å². The van der Waals surface area contributed by atoms with Gasteiger partial charge in [-0.25, -0.2) is 9.59 Å². The molecule has 0 amide bonds. The molecule has 0 aliphatic heterocycles. The molecular weight excluding hydrogens is 288 g/mol. The predicted octanol–water partition coefficient (Wildman–Crippen LogP) is 2.83. The smallest absolute Gasteiger partial charge is 0.332 e. The molecule has 1 saturated carbocycles. The maximum atomic E-state index is 11.2. The molecule has 0 heterocycles. The first-order valence-corrected chi connectivity index (χ1v) is 7.42. The van der Waals surface area contributed by atoms with Crippen LogP contribution in [0.25, 0.3) is 0 Å². The van der Waals surface area contributed by atoms with E-state index in [1.54, 1.807) is 13.8 Å². The summed E-state index contributed by atoms with van der Waals surface area (Å²) in [6, 6.07) is 0. The molecule has 0 radical (unpaired) electrons. The van der Waals surface area contributed by atoms with Crippen LogP contribution in [0.5, 0.6) is 0 Å². The highest BCUT2D eigenvalue weighted by Crippen LogP contribution is 2.35. The predicted molar refractivity (Wildman–Crippen MR) is 79.5 cm³/mol. The summed E-state index contributed by atoms with van der Waals surface area (Å²) in [7, 11) is 0. The van der Waals surface area contributed by atoms with E-state index in [0.29, 0.717) is 12.8 Å². The molecule has 6 nitrogen and oxygen atoms in total. The quantitative estimate of drug-likeness (QED) is 0.390. The third kappa shape index (κ3) is 5.99. The van der Waals surface area contributed by atoms with E-state index in [9.17, 15) is 9.59 Å². The van der Waals surface area contributed by atoms with Crippen molar-refractivity contribution in [1.82, 2.24) is 0 Å². The van der Waals surface area contributed by atoms with E-state index in [2.05, 4.69) is 13.2 Å². The number of esters is 2. The molecule has 0 spiro atoms. The molecule has 0 saturated heterocycles. The van der Waals surface area contributed by atoms with Gasteiger partial charge in [0, 0.05) is 25.0 Å². The van der Waals surface area contributed by atoms with Gasteiger partial charge in [-0.1, -0.05) is 19.6 Å². The zero-order chi connectivity index (χ0) is 16.6. The molecule has 22 heavy (non-hydrogen) atoms. The lowest BCUT2D eigenvalue weighted by molar-refractivity contribution is -0.344. The summed E-state index contributed by atoms with van der Waals surface area (Å²) in [6.45, 7) is 9.91. The van der Waals surface area contributed by atoms with Crippen molar-refractivity contribution in [1.29, 1.82) is 0 Å². The van der Waals surface area contributed by atoms with Crippen LogP contribution in [0.15, 0.2) is 25.3 Å². The van der Waals surface area contributed by atoms with Gasteiger partial charge in [0.1, 0.15) is 0 Å². The summed E-state index contributed by atoms with van der Waals surface area (Å²) in [6.07, 6.45) is 4.77. The van der Waals surface area contributed by atoms with E-state index >= 15 is 0 Å². The topological polar surface area (TPSA) is 71.1 Å². The highest BCUT2D eigenvalue weighted by Gasteiger charge is 2.38. The van der Waals surface area contributed by atoms with Crippen LogP contribution in [0.1, 0.15) is 46.0 Å². The van der Waals surface area contributed by atoms with Gasteiger partial charge in [0.05, 0.1) is 0 Å². The minimum atomic E-state index is -0.931. The van der Waals surface area contributed by atoms with Gasteiger partial charge >= 0.3 is 11.9 Å². The molecule has 0 bridgehead atoms. The number of carbonyl (C=O) groups excluding carboxylic acids is 2. The largest absolute Gasteiger partial charge is 0.433 e. The van der Waals surface area contributed by atoms with Crippen LogP contribution in [0.2, 0.25) is 0 Å². The monoisotopic (exact) mass is 312 g/mol. The second-order valence-electron chi connectivity index (χ2n) is 5.12. The Labute approximate surface area is 131 Å². The fraction of sp³-hybridized carbons (Fsp3) is 0.625. The minimum Gasteiger partial charge on any atom is -0.433 e. The average molecular weight is 312 g/mol. The van der Waals surface area contributed by atoms with Gasteiger partial charge in [0.25, 0.3) is 0 Å². The van der Waals surface area contributed by atoms with Crippen molar-refractivity contribution in [2.75, 3.05) is 0 Å². The van der Waals surface area contributed by atoms with Crippen molar-refractivity contribution >= 4 is 11.9 Å². The van der Waals surface area contributed by atoms with Gasteiger partial charge in [-0.15, -0.1) is 0 Å². The number of ether oxygens (including phenoxy) is 4. The molecule has 6 heteroatoms. The summed E-state index contributed by atoms with van der Waals surface area (Å²) in [4.78, 5) is 22.5. The summed E-state index contributed by atoms with van der Waals surface area (Å²) in [5.74, 6) is -2.06. The van der Waals surface area contributed by atoms with Crippen LogP contribution in [-0.4, -0.2) is 30.3 Å². The summed E-state index contributed by atoms with van der Waals surface area (Å²) in [5.41, 5.74) is 0. The van der Waals surface area contributed by atoms with Crippen LogP contribution in [0.3, 0.4) is 0 Å². The van der Waals surface area contributed by atoms with Crippen molar-refractivity contribution in [2.45, 2.75) is 64.3 Å². The van der Waals surface area contributed by atoms with Gasteiger partial charge in [-0.3, -0.25) is 0 Å². The molecule has 0 aromatic rings. The fourth-order valence-electron chi connectivity index (χ4n) is 2.43. The Morgan fingerprint density at radius 3 is 1.68 bits per heavy atom. The highest BCUT2D eigenvalue weighted by atomic mass is 16.8. The Hall–Kier alpha value is -1.66. The fourth-order valence-corrected chi connectivity index (χ4v) is 2.43. The Morgan fingerprint density at radius 1 is 0.909 bits per heavy atom. The van der Waals surface area contributed by atoms with Gasteiger partial charge in [0.2, 0.25) is 12.6 Å². The van der Waals surface area contributed by atoms with Crippen molar-refractivity contribution in [2.24, 2.45) is 0 Å². The standard InChI is InChI=1S/C16H24O6/c1-5-14(17)19-12(3)21-16(10-8-7-9-11-16)22-13(4)20-15(18)6-2/h5-6,12-13H,1-2,7-11H2,3-4H3. The third-order valence-electron chi connectivity index (χ3n) is 3.27. The SMILES string of the molecule is C=CC(=O)OC(C)OC1(OC(C)OC(=O)C=C)CCCCC1. The first-order valence-electron chi connectivity index (χ1n) is 7.42. The first-order chi connectivity index (χ1) is 10.4. The zero-order valence-corrected chi connectivity index (χ0v) is 13.2. The Balaban J connectivity index is 2.68. The molecule has 1 aliphatic carbocycles. The van der Waals surface area contributed by atoms with Crippen molar-refractivity contribution < 1.29 is 28.5 Å². The van der Waals surface area contributed by atoms with Gasteiger partial charge in [0.15, 0.2) is 5.79 Å². The van der Waals surface area contributed by atoms with Gasteiger partial charge < -0.3 is 18.9 Å². The maximum Gasteiger partial charge on any atom is 0.332 e. The molecule has 1 rings (SSSR count). The normalized spacial score (nSPS) is 19.5. The molecule has 1 aliphatic rings. The lowest BCUT2D eigenvalue weighted by Gasteiger charge is -2.39. The number of hydrogen-bond acceptors (Lipinski definition) is 6. The Morgan fingerprint density at radius 2 is 1.32 bits per heavy atom. The van der Waals surface area contributed by atoms with Crippen LogP contribution in [0.4, 0.5) is 0 Å². The molecule has 0 aromatic heterocycles. The third-order valence-corrected chi connectivity index (χ3v) is 3.27. The molecule has 1 fully saturated rings. The van der Waals surface area contributed by atoms with E-state index in [4.69, 9.17) is 18.9 Å². The van der Waals surface area contributed by atoms with Crippen LogP contribution >= 0.6 is 0 Å². The van der Waals surface area contributed by atoms with E-state index in [1.165, 1.54) is 0 Å². The van der Waals surface area contributed by atoms with Crippen LogP contribution in [-0.2, 0) is 28.5 Å². The summed E-state index contributed by atoms with van der Waals surface area (Å²) in [5, 5.41) is 0. The average Bonchev–Trinajstić information content (AvgIpc) is 2.47. The molecule has 2 atom stereocenters. The number of hydrogen-bond donors (Lipinski definition) is 0. The van der Waals surface area contributed by atoms with Crippen molar-refractivity contribution in [3.63, 3.8) is 0 Å². The molecule has 124 valence electrons. The van der Waals surface area contributed by atoms with Gasteiger partial charge in [-0.2, -0.15) is 0 Å². The minimum absolute atomic E-state index is 0.565. The van der Waals surface area contributed by atoms with Crippen molar-refractivity contribution in [3.05, 3.63) is 25.3 Å². The molecule has 2 unspecified atom stereocenters. The maximum absolute atomic E-state index is 11.2. The molecule has 0 N–H and O–H groups in total. The second kappa shape index (κ2) is 8.70. The van der Waals surface area contributed by atoms with Crippen molar-refractivity contribution in [3.8, 4) is 0 Å². The first kappa shape index (κ1) is 18.4. The Bertz CT molecular complexity index is 379. The van der Waals surface area contributed by atoms with E-state index < -0.39 is 30.3 Å². The van der Waals surface area contributed by atoms with E-state index in [1.807, 2.05) is 0 Å². The highest BCUT2D eigenvalue weighted by molar-refractivity contribution is 5.81. The Kier molecular flexibility index (Phi) is 7.27. The lowest BCUT2D eigenvalue weighted by atomic mass is 9.94. The molecule has 0 aromatic carbocycles. The number of carbonyl (C=O) groups is 2. The van der Waals surface area contributed by atoms with Crippen LogP contribution < -0.4 is 0 Å². The van der Waals surface area contributed by atoms with E-state index in [0.717, 1.165) is 31.4 Å². The zero-order valence-electron chi connectivity index (χ0n) is 13.2. The lowest BCUT2D eigenvalue weighted by Crippen LogP contribution is -2.44. The molecular formula is C16H24O6. The second-order valence-corrected chi connectivity index (χ2v) is 5.12. The number of rotatable bonds is 8. The summed E-state index contributed by atoms with van der Waals surface area (Å²) < 4.78 is 21.7. The summed E-state index contributed by atoms with van der Waals surface area (Å²) >= 11 is 0. The van der Waals surface area contributed by atoms with Crippen LogP contribution in [0, 0.1) is 0 Å². The van der Waals surface area contributed by atoms with Gasteiger partial charge in [-0.05, 0) is 26.7 Å².